The first-order valence-corrected chi connectivity index (χ1v) is 26.0. The number of carbonyl (C=O) groups excluding carboxylic acids is 4. The average molecular weight is 1170 g/mol. The monoisotopic (exact) mass is 1170 g/mol. The molecule has 6 rings (SSSR count). The smallest absolute Gasteiger partial charge is 0.407 e. The largest absolute Gasteiger partial charge is 0.469 e. The summed E-state index contributed by atoms with van der Waals surface area (Å²) in [6, 6.07) is 12.0. The van der Waals surface area contributed by atoms with Gasteiger partial charge in [-0.3, -0.25) is 24.3 Å². The van der Waals surface area contributed by atoms with Gasteiger partial charge in [-0.1, -0.05) is 37.8 Å². The molecule has 7 N–H and O–H groups in total. The molecule has 450 valence electrons. The van der Waals surface area contributed by atoms with Gasteiger partial charge in [0.05, 0.1) is 69.3 Å². The first kappa shape index (κ1) is 66.0. The first-order valence-electron chi connectivity index (χ1n) is 26.0. The Morgan fingerprint density at radius 1 is 0.854 bits per heavy atom. The van der Waals surface area contributed by atoms with Crippen molar-refractivity contribution in [1.29, 1.82) is 0 Å². The molecule has 26 heteroatoms. The predicted octanol–water partition coefficient (Wildman–Crippen LogP) is 7.27. The molecule has 16 nitrogen and oxygen atoms in total. The number of nitrogens with one attached hydrogen (secondary N) is 2. The summed E-state index contributed by atoms with van der Waals surface area (Å²) in [7, 11) is 1.97. The van der Waals surface area contributed by atoms with E-state index in [9.17, 15) is 59.4 Å². The number of hydrogen-bond donors (Lipinski definition) is 5. The van der Waals surface area contributed by atoms with Gasteiger partial charge in [-0.2, -0.15) is 26.3 Å². The van der Waals surface area contributed by atoms with Crippen LogP contribution in [0.4, 0.5) is 54.5 Å². The minimum absolute atomic E-state index is 0.0286. The summed E-state index contributed by atoms with van der Waals surface area (Å²) in [6.07, 6.45) is -10.1. The van der Waals surface area contributed by atoms with Crippen LogP contribution in [0.5, 0.6) is 0 Å². The highest BCUT2D eigenvalue weighted by Gasteiger charge is 2.56. The Morgan fingerprint density at radius 3 is 1.94 bits per heavy atom. The van der Waals surface area contributed by atoms with E-state index in [-0.39, 0.29) is 24.2 Å². The Balaban J connectivity index is 0.000000669. The van der Waals surface area contributed by atoms with Gasteiger partial charge in [0.2, 0.25) is 5.91 Å². The van der Waals surface area contributed by atoms with Crippen LogP contribution in [0.25, 0.3) is 5.70 Å². The number of Topliss-reactive ketones (excluding diaryl/α,β-unsaturated/α-hetero) is 1. The Bertz CT molecular complexity index is 2760. The molecule has 2 unspecified atom stereocenters. The second-order valence-electron chi connectivity index (χ2n) is 21.3. The third kappa shape index (κ3) is 17.4. The molecule has 6 atom stereocenters. The molecule has 4 heterocycles. The number of methoxy groups -OCH3 is 2. The number of amides is 2. The number of carbonyl (C=O) groups is 4. The standard InChI is InChI=1S/C47H54F7N7O5.C9H14F3NO3/c1-46(2,47(52,53)54)44(59-45(64)65-3)40(62)19-32(41(63)22-57-21-36-37(48)17-31(18-38(36)49)39(55)14-15-56-23-42(50)51)16-29-7-4-28(5-8-29)6-9-30-10-13-43(58-20-30)60-24-33-11-12-34(25-60)61(33)35-26-66-27-35;1-8(2,9(10,11)12)5(7(13)15)4-6(14)16-3/h4-5,7-8,10,13-15,17-18,20,32-35,41-42,44,57,63H,11-12,16,19,21-27,55H2,1-3H3,(H,59,64);5H,4H2,1-3H3,(H2,13,15)/t32-,33?,34?,41+,44-;5-/m11/s1. The Hall–Kier alpha value is -6.82. The van der Waals surface area contributed by atoms with Gasteiger partial charge in [-0.15, -0.1) is 0 Å². The number of aliphatic hydroxyl groups excluding tert-OH is 1. The number of benzene rings is 2. The molecule has 3 aliphatic rings. The molecule has 3 fully saturated rings. The minimum atomic E-state index is -4.94. The van der Waals surface area contributed by atoms with Crippen molar-refractivity contribution in [2.45, 2.75) is 115 Å². The predicted molar refractivity (Wildman–Crippen MR) is 283 cm³/mol. The third-order valence-corrected chi connectivity index (χ3v) is 15.0. The molecule has 3 aliphatic heterocycles. The fourth-order valence-electron chi connectivity index (χ4n) is 9.64. The van der Waals surface area contributed by atoms with Crippen molar-refractivity contribution in [2.75, 3.05) is 58.5 Å². The number of ether oxygens (including phenoxy) is 3. The number of alkyl carbamates (subject to hydrolysis) is 1. The number of ketones is 1. The summed E-state index contributed by atoms with van der Waals surface area (Å²) in [4.78, 5) is 60.9. The number of nitrogens with two attached hydrogens (primary N) is 2. The average Bonchev–Trinajstić information content (AvgIpc) is 3.72. The lowest BCUT2D eigenvalue weighted by Gasteiger charge is -2.47. The maximum absolute atomic E-state index is 15.1. The summed E-state index contributed by atoms with van der Waals surface area (Å²) in [5.74, 6) is -0.727. The minimum Gasteiger partial charge on any atom is -0.469 e. The van der Waals surface area contributed by atoms with Crippen molar-refractivity contribution in [1.82, 2.24) is 20.5 Å². The van der Waals surface area contributed by atoms with E-state index in [0.717, 1.165) is 98.5 Å². The number of nitrogens with zero attached hydrogens (tertiary/aromatic N) is 4. The van der Waals surface area contributed by atoms with Crippen LogP contribution in [0.15, 0.2) is 65.8 Å². The van der Waals surface area contributed by atoms with E-state index < -0.39 is 120 Å². The molecule has 3 saturated heterocycles. The number of hydrogen-bond acceptors (Lipinski definition) is 14. The molecule has 0 saturated carbocycles. The van der Waals surface area contributed by atoms with Crippen molar-refractivity contribution in [2.24, 2.45) is 39.1 Å². The van der Waals surface area contributed by atoms with Crippen LogP contribution >= 0.6 is 0 Å². The number of anilines is 1. The highest BCUT2D eigenvalue weighted by molar-refractivity contribution is 5.88. The van der Waals surface area contributed by atoms with E-state index in [4.69, 9.17) is 21.2 Å². The Morgan fingerprint density at radius 2 is 1.44 bits per heavy atom. The number of halogens is 10. The summed E-state index contributed by atoms with van der Waals surface area (Å²) in [5, 5.41) is 16.2. The van der Waals surface area contributed by atoms with Crippen LogP contribution in [-0.2, 0) is 41.6 Å². The zero-order valence-corrected chi connectivity index (χ0v) is 46.0. The fraction of sp³-hybridized carbons (Fsp3) is 0.536. The van der Waals surface area contributed by atoms with Crippen molar-refractivity contribution in [3.63, 3.8) is 0 Å². The van der Waals surface area contributed by atoms with E-state index in [1.165, 1.54) is 12.8 Å². The summed E-state index contributed by atoms with van der Waals surface area (Å²) < 4.78 is 150. The van der Waals surface area contributed by atoms with E-state index in [2.05, 4.69) is 41.4 Å². The van der Waals surface area contributed by atoms with Gasteiger partial charge in [-0.25, -0.2) is 27.3 Å². The number of rotatable bonds is 22. The molecular weight excluding hydrogens is 1100 g/mol. The van der Waals surface area contributed by atoms with E-state index in [0.29, 0.717) is 34.8 Å². The second kappa shape index (κ2) is 28.4. The molecule has 2 amide bonds. The number of esters is 1. The number of pyridine rings is 1. The van der Waals surface area contributed by atoms with Gasteiger partial charge in [0.1, 0.15) is 23.5 Å². The van der Waals surface area contributed by atoms with Crippen molar-refractivity contribution < 1.29 is 82.4 Å². The fourth-order valence-corrected chi connectivity index (χ4v) is 9.64. The van der Waals surface area contributed by atoms with E-state index >= 15 is 8.78 Å². The van der Waals surface area contributed by atoms with Crippen LogP contribution in [-0.4, -0.2) is 148 Å². The molecule has 82 heavy (non-hydrogen) atoms. The Kier molecular flexibility index (Phi) is 22.9. The molecule has 2 aromatic carbocycles. The topological polar surface area (TPSA) is 224 Å². The molecule has 0 radical (unpaired) electrons. The van der Waals surface area contributed by atoms with Crippen molar-refractivity contribution in [3.8, 4) is 11.8 Å². The first-order chi connectivity index (χ1) is 38.4. The van der Waals surface area contributed by atoms with E-state index in [1.807, 2.05) is 17.4 Å². The number of fused-ring (bicyclic) bond motifs is 2. The number of piperazine rings is 1. The molecule has 0 aliphatic carbocycles. The number of allylic oxidation sites excluding steroid dienone is 1. The quantitative estimate of drug-likeness (QED) is 0.0289. The summed E-state index contributed by atoms with van der Waals surface area (Å²) >= 11 is 0. The normalized spacial score (nSPS) is 18.6. The second-order valence-corrected chi connectivity index (χ2v) is 21.3. The van der Waals surface area contributed by atoms with Gasteiger partial charge in [0, 0.05) is 85.0 Å². The lowest BCUT2D eigenvalue weighted by Crippen LogP contribution is -2.62. The zero-order valence-electron chi connectivity index (χ0n) is 46.0. The van der Waals surface area contributed by atoms with Gasteiger partial charge >= 0.3 is 24.4 Å². The van der Waals surface area contributed by atoms with Crippen molar-refractivity contribution in [3.05, 3.63) is 100 Å². The van der Waals surface area contributed by atoms with Crippen LogP contribution in [0, 0.1) is 46.1 Å². The lowest BCUT2D eigenvalue weighted by atomic mass is 9.76. The van der Waals surface area contributed by atoms with E-state index in [1.54, 1.807) is 30.5 Å². The Labute approximate surface area is 468 Å². The number of alkyl halides is 8. The number of aromatic nitrogens is 1. The highest BCUT2D eigenvalue weighted by Crippen LogP contribution is 2.45. The molecular formula is C56H68F10N8O8. The van der Waals surface area contributed by atoms with Gasteiger partial charge in [0.25, 0.3) is 6.43 Å². The van der Waals surface area contributed by atoms with Crippen LogP contribution in [0.3, 0.4) is 0 Å². The third-order valence-electron chi connectivity index (χ3n) is 15.0. The van der Waals surface area contributed by atoms with Gasteiger partial charge in [-0.05, 0) is 87.1 Å². The van der Waals surface area contributed by atoms with Crippen molar-refractivity contribution >= 4 is 41.5 Å². The summed E-state index contributed by atoms with van der Waals surface area (Å²) in [6.45, 7) is 5.01. The highest BCUT2D eigenvalue weighted by atomic mass is 19.4. The number of aliphatic imine (C=N–C) groups is 1. The van der Waals surface area contributed by atoms with Crippen LogP contribution in [0.1, 0.15) is 81.2 Å². The lowest BCUT2D eigenvalue weighted by molar-refractivity contribution is -0.229. The molecule has 2 bridgehead atoms. The maximum atomic E-state index is 15.1. The SMILES string of the molecule is COC(=O)C[C@H](C(N)=O)C(C)(C)C(F)(F)F.COC(=O)N[C@H](C(=O)C[C@@H](Cc1ccc(C#Cc2ccc(N3CC4CCC(C3)N4C3COC3)nc2)cc1)[C@@H](O)CNCc1c(F)cc(C(N)=CC=NCC(F)F)cc1F)C(C)(C)C(F)(F)F. The van der Waals surface area contributed by atoms with Gasteiger partial charge in [0.15, 0.2) is 5.78 Å². The molecule has 0 spiro atoms. The van der Waals surface area contributed by atoms with Crippen LogP contribution in [0.2, 0.25) is 0 Å². The zero-order chi connectivity index (χ0) is 60.9. The number of primary amides is 1. The van der Waals surface area contributed by atoms with Crippen LogP contribution < -0.4 is 27.0 Å². The molecule has 1 aromatic heterocycles. The molecule has 3 aromatic rings. The maximum Gasteiger partial charge on any atom is 0.407 e. The summed E-state index contributed by atoms with van der Waals surface area (Å²) in [5.41, 5.74) is 6.87. The van der Waals surface area contributed by atoms with Gasteiger partial charge < -0.3 is 46.3 Å². The number of aliphatic hydroxyl groups is 1.